The maximum Gasteiger partial charge on any atom is 0.171 e. The third-order valence-electron chi connectivity index (χ3n) is 3.99. The minimum absolute atomic E-state index is 0.0846. The van der Waals surface area contributed by atoms with E-state index in [9.17, 15) is 4.39 Å². The van der Waals surface area contributed by atoms with Crippen LogP contribution in [0.4, 0.5) is 10.1 Å². The number of hydrogen-bond acceptors (Lipinski definition) is 3. The Hall–Kier alpha value is -3.45. The largest absolute Gasteiger partial charge is 0.494 e. The van der Waals surface area contributed by atoms with Crippen LogP contribution in [-0.2, 0) is 6.42 Å². The molecule has 0 heterocycles. The lowest BCUT2D eigenvalue weighted by atomic mass is 10.0. The molecular formula is C22H17FN2O. The van der Waals surface area contributed by atoms with Crippen molar-refractivity contribution in [3.05, 3.63) is 95.3 Å². The predicted octanol–water partition coefficient (Wildman–Crippen LogP) is 5.07. The quantitative estimate of drug-likeness (QED) is 0.607. The maximum absolute atomic E-state index is 14.6. The normalized spacial score (nSPS) is 10.0. The molecule has 0 aliphatic rings. The summed E-state index contributed by atoms with van der Waals surface area (Å²) in [5, 5.41) is 9.09. The Morgan fingerprint density at radius 3 is 2.04 bits per heavy atom. The lowest BCUT2D eigenvalue weighted by molar-refractivity contribution is 0.385. The highest BCUT2D eigenvalue weighted by Gasteiger charge is 2.15. The van der Waals surface area contributed by atoms with Gasteiger partial charge in [-0.15, -0.1) is 0 Å². The van der Waals surface area contributed by atoms with Gasteiger partial charge in [-0.05, 0) is 12.1 Å². The van der Waals surface area contributed by atoms with Crippen LogP contribution in [-0.4, -0.2) is 12.8 Å². The first-order valence-corrected chi connectivity index (χ1v) is 8.16. The smallest absolute Gasteiger partial charge is 0.171 e. The van der Waals surface area contributed by atoms with Crippen molar-refractivity contribution >= 4 is 11.4 Å². The second kappa shape index (κ2) is 8.09. The van der Waals surface area contributed by atoms with E-state index in [-0.39, 0.29) is 17.7 Å². The topological polar surface area (TPSA) is 45.4 Å². The summed E-state index contributed by atoms with van der Waals surface area (Å²) in [6, 6.07) is 24.6. The second-order valence-electron chi connectivity index (χ2n) is 5.61. The summed E-state index contributed by atoms with van der Waals surface area (Å²) in [6.07, 6.45) is -0.0846. The molecule has 0 radical (unpaired) electrons. The van der Waals surface area contributed by atoms with E-state index in [1.165, 1.54) is 13.2 Å². The molecule has 128 valence electrons. The molecule has 0 aliphatic heterocycles. The summed E-state index contributed by atoms with van der Waals surface area (Å²) in [7, 11) is 1.40. The zero-order valence-corrected chi connectivity index (χ0v) is 14.3. The third-order valence-corrected chi connectivity index (χ3v) is 3.99. The fourth-order valence-electron chi connectivity index (χ4n) is 2.71. The summed E-state index contributed by atoms with van der Waals surface area (Å²) >= 11 is 0. The molecule has 0 atom stereocenters. The minimum atomic E-state index is -0.546. The molecule has 3 aromatic carbocycles. The van der Waals surface area contributed by atoms with Gasteiger partial charge in [0.15, 0.2) is 11.6 Å². The van der Waals surface area contributed by atoms with Crippen molar-refractivity contribution < 1.29 is 9.13 Å². The van der Waals surface area contributed by atoms with E-state index in [0.717, 1.165) is 16.8 Å². The molecule has 0 saturated heterocycles. The SMILES string of the molecule is COc1ccc(N=C(c2ccccc2)c2ccccc2)c(CC#N)c1F. The first-order valence-electron chi connectivity index (χ1n) is 8.16. The van der Waals surface area contributed by atoms with Crippen molar-refractivity contribution in [3.8, 4) is 11.8 Å². The summed E-state index contributed by atoms with van der Waals surface area (Å²) in [4.78, 5) is 4.72. The lowest BCUT2D eigenvalue weighted by Gasteiger charge is -2.11. The molecule has 0 unspecified atom stereocenters. The van der Waals surface area contributed by atoms with Gasteiger partial charge in [0.2, 0.25) is 0 Å². The van der Waals surface area contributed by atoms with E-state index < -0.39 is 5.82 Å². The van der Waals surface area contributed by atoms with Gasteiger partial charge in [0.1, 0.15) is 0 Å². The summed E-state index contributed by atoms with van der Waals surface area (Å²) in [5.41, 5.74) is 3.20. The number of methoxy groups -OCH3 is 1. The van der Waals surface area contributed by atoms with E-state index in [4.69, 9.17) is 15.0 Å². The predicted molar refractivity (Wildman–Crippen MR) is 100 cm³/mol. The maximum atomic E-state index is 14.6. The number of aliphatic imine (C=N–C) groups is 1. The zero-order valence-electron chi connectivity index (χ0n) is 14.3. The minimum Gasteiger partial charge on any atom is -0.494 e. The molecule has 3 aromatic rings. The van der Waals surface area contributed by atoms with Crippen molar-refractivity contribution in [2.75, 3.05) is 7.11 Å². The van der Waals surface area contributed by atoms with Gasteiger partial charge < -0.3 is 4.74 Å². The molecule has 0 aromatic heterocycles. The summed E-state index contributed by atoms with van der Waals surface area (Å²) in [5.74, 6) is -0.439. The van der Waals surface area contributed by atoms with Crippen LogP contribution in [0.15, 0.2) is 77.8 Å². The molecule has 0 bridgehead atoms. The zero-order chi connectivity index (χ0) is 18.4. The molecule has 0 N–H and O–H groups in total. The van der Waals surface area contributed by atoms with Gasteiger partial charge in [-0.25, -0.2) is 9.38 Å². The molecule has 26 heavy (non-hydrogen) atoms. The Morgan fingerprint density at radius 2 is 1.54 bits per heavy atom. The van der Waals surface area contributed by atoms with E-state index >= 15 is 0 Å². The second-order valence-corrected chi connectivity index (χ2v) is 5.61. The summed E-state index contributed by atoms with van der Waals surface area (Å²) < 4.78 is 19.7. The molecule has 0 fully saturated rings. The van der Waals surface area contributed by atoms with Crippen LogP contribution in [0.3, 0.4) is 0 Å². The van der Waals surface area contributed by atoms with E-state index in [1.807, 2.05) is 66.7 Å². The van der Waals surface area contributed by atoms with Crippen LogP contribution < -0.4 is 4.74 Å². The number of rotatable bonds is 5. The van der Waals surface area contributed by atoms with Gasteiger partial charge in [-0.1, -0.05) is 60.7 Å². The Kier molecular flexibility index (Phi) is 5.40. The van der Waals surface area contributed by atoms with Gasteiger partial charge in [0.05, 0.1) is 31.0 Å². The van der Waals surface area contributed by atoms with Crippen LogP contribution in [0.1, 0.15) is 16.7 Å². The molecule has 0 aliphatic carbocycles. The fourth-order valence-corrected chi connectivity index (χ4v) is 2.71. The number of nitriles is 1. The molecular weight excluding hydrogens is 327 g/mol. The van der Waals surface area contributed by atoms with Gasteiger partial charge in [-0.2, -0.15) is 5.26 Å². The lowest BCUT2D eigenvalue weighted by Crippen LogP contribution is -2.04. The van der Waals surface area contributed by atoms with Gasteiger partial charge >= 0.3 is 0 Å². The van der Waals surface area contributed by atoms with E-state index in [0.29, 0.717) is 5.69 Å². The molecule has 3 nitrogen and oxygen atoms in total. The van der Waals surface area contributed by atoms with Crippen LogP contribution in [0.5, 0.6) is 5.75 Å². The summed E-state index contributed by atoms with van der Waals surface area (Å²) in [6.45, 7) is 0. The van der Waals surface area contributed by atoms with Gasteiger partial charge in [-0.3, -0.25) is 0 Å². The molecule has 0 saturated carbocycles. The monoisotopic (exact) mass is 344 g/mol. The third kappa shape index (κ3) is 3.62. The highest BCUT2D eigenvalue weighted by Crippen LogP contribution is 2.31. The average molecular weight is 344 g/mol. The first kappa shape index (κ1) is 17.4. The number of ether oxygens (including phenoxy) is 1. The van der Waals surface area contributed by atoms with Crippen molar-refractivity contribution in [2.45, 2.75) is 6.42 Å². The highest BCUT2D eigenvalue weighted by molar-refractivity contribution is 6.14. The van der Waals surface area contributed by atoms with Crippen LogP contribution in [0, 0.1) is 17.1 Å². The Bertz CT molecular complexity index is 919. The van der Waals surface area contributed by atoms with Crippen LogP contribution in [0.25, 0.3) is 0 Å². The standard InChI is InChI=1S/C22H17FN2O/c1-26-20-13-12-19(18(14-15-24)21(20)23)25-22(16-8-4-2-5-9-16)17-10-6-3-7-11-17/h2-13H,14H2,1H3. The highest BCUT2D eigenvalue weighted by atomic mass is 19.1. The van der Waals surface area contributed by atoms with E-state index in [2.05, 4.69) is 0 Å². The van der Waals surface area contributed by atoms with E-state index in [1.54, 1.807) is 6.07 Å². The van der Waals surface area contributed by atoms with Gasteiger partial charge in [0.25, 0.3) is 0 Å². The first-order chi connectivity index (χ1) is 12.7. The molecule has 0 spiro atoms. The molecule has 3 rings (SSSR count). The van der Waals surface area contributed by atoms with Crippen molar-refractivity contribution in [1.29, 1.82) is 5.26 Å². The number of benzene rings is 3. The number of hydrogen-bond donors (Lipinski definition) is 0. The van der Waals surface area contributed by atoms with Crippen molar-refractivity contribution in [1.82, 2.24) is 0 Å². The van der Waals surface area contributed by atoms with Gasteiger partial charge in [0, 0.05) is 16.7 Å². The van der Waals surface area contributed by atoms with Crippen LogP contribution in [0.2, 0.25) is 0 Å². The van der Waals surface area contributed by atoms with Crippen LogP contribution >= 0.6 is 0 Å². The fraction of sp³-hybridized carbons (Fsp3) is 0.0909. The Balaban J connectivity index is 2.21. The van der Waals surface area contributed by atoms with Crippen molar-refractivity contribution in [2.24, 2.45) is 4.99 Å². The molecule has 0 amide bonds. The Labute approximate surface area is 152 Å². The van der Waals surface area contributed by atoms with Crippen molar-refractivity contribution in [3.63, 3.8) is 0 Å². The molecule has 4 heteroatoms. The number of nitrogens with zero attached hydrogens (tertiary/aromatic N) is 2. The average Bonchev–Trinajstić information content (AvgIpc) is 2.70. The Morgan fingerprint density at radius 1 is 0.962 bits per heavy atom. The number of halogens is 1.